The van der Waals surface area contributed by atoms with Gasteiger partial charge in [-0.05, 0) is 50.3 Å². The molecule has 0 aliphatic rings. The fraction of sp³-hybridized carbons (Fsp3) is 0.565. The van der Waals surface area contributed by atoms with Crippen LogP contribution in [0, 0.1) is 0 Å². The highest BCUT2D eigenvalue weighted by atomic mass is 35.5. The van der Waals surface area contributed by atoms with Crippen molar-refractivity contribution in [3.63, 3.8) is 0 Å². The molecule has 0 amide bonds. The van der Waals surface area contributed by atoms with Gasteiger partial charge in [0, 0.05) is 18.3 Å². The molecule has 0 bridgehead atoms. The van der Waals surface area contributed by atoms with Crippen molar-refractivity contribution < 1.29 is 5.11 Å². The third-order valence-electron chi connectivity index (χ3n) is 4.78. The van der Waals surface area contributed by atoms with Crippen molar-refractivity contribution in [3.8, 4) is 5.75 Å². The Balaban J connectivity index is 2.51. The van der Waals surface area contributed by atoms with E-state index in [2.05, 4.69) is 44.4 Å². The van der Waals surface area contributed by atoms with Crippen molar-refractivity contribution in [3.05, 3.63) is 53.2 Å². The second kappa shape index (κ2) is 12.9. The van der Waals surface area contributed by atoms with Gasteiger partial charge in [-0.25, -0.2) is 0 Å². The number of phenols is 1. The fourth-order valence-corrected chi connectivity index (χ4v) is 3.40. The van der Waals surface area contributed by atoms with E-state index >= 15 is 0 Å². The first-order chi connectivity index (χ1) is 12.5. The largest absolute Gasteiger partial charge is 0.506 e. The van der Waals surface area contributed by atoms with Crippen LogP contribution in [0.4, 0.5) is 0 Å². The van der Waals surface area contributed by atoms with E-state index in [-0.39, 0.29) is 5.75 Å². The summed E-state index contributed by atoms with van der Waals surface area (Å²) >= 11 is 5.97. The minimum absolute atomic E-state index is 0.146. The zero-order chi connectivity index (χ0) is 19.4. The van der Waals surface area contributed by atoms with E-state index in [9.17, 15) is 5.11 Å². The number of benzene rings is 1. The van der Waals surface area contributed by atoms with Crippen LogP contribution in [0.1, 0.15) is 71.3 Å². The molecule has 1 rings (SSSR count). The molecule has 0 aromatic heterocycles. The molecule has 0 saturated carbocycles. The first-order valence-electron chi connectivity index (χ1n) is 10.1. The van der Waals surface area contributed by atoms with Crippen LogP contribution in [0.15, 0.2) is 42.6 Å². The second-order valence-corrected chi connectivity index (χ2v) is 7.48. The topological polar surface area (TPSA) is 23.5 Å². The highest BCUT2D eigenvalue weighted by Gasteiger charge is 2.12. The number of hydrogen-bond acceptors (Lipinski definition) is 2. The molecule has 146 valence electrons. The van der Waals surface area contributed by atoms with E-state index in [4.69, 9.17) is 11.6 Å². The average Bonchev–Trinajstić information content (AvgIpc) is 2.62. The molecule has 1 atom stereocenters. The summed E-state index contributed by atoms with van der Waals surface area (Å²) in [6, 6.07) is 5.86. The maximum atomic E-state index is 9.49. The zero-order valence-electron chi connectivity index (χ0n) is 16.8. The number of aromatic hydroxyl groups is 1. The van der Waals surface area contributed by atoms with Crippen molar-refractivity contribution in [2.75, 3.05) is 6.54 Å². The maximum Gasteiger partial charge on any atom is 0.134 e. The third-order valence-corrected chi connectivity index (χ3v) is 5.08. The number of phenolic OH excluding ortho intramolecular Hbond substituents is 1. The zero-order valence-corrected chi connectivity index (χ0v) is 17.6. The summed E-state index contributed by atoms with van der Waals surface area (Å²) < 4.78 is 0. The lowest BCUT2D eigenvalue weighted by Gasteiger charge is -2.31. The summed E-state index contributed by atoms with van der Waals surface area (Å²) in [4.78, 5) is 2.44. The van der Waals surface area contributed by atoms with Crippen molar-refractivity contribution in [2.45, 2.75) is 78.2 Å². The van der Waals surface area contributed by atoms with Crippen molar-refractivity contribution in [2.24, 2.45) is 0 Å². The van der Waals surface area contributed by atoms with Crippen LogP contribution in [0.25, 0.3) is 0 Å². The van der Waals surface area contributed by atoms with Crippen LogP contribution >= 0.6 is 11.6 Å². The Morgan fingerprint density at radius 3 is 2.58 bits per heavy atom. The number of unbranched alkanes of at least 4 members (excludes halogenated alkanes) is 4. The smallest absolute Gasteiger partial charge is 0.134 e. The molecule has 1 aromatic rings. The molecular weight excluding hydrogens is 342 g/mol. The number of hydrogen-bond donors (Lipinski definition) is 1. The number of halogens is 1. The number of allylic oxidation sites excluding steroid dienone is 2. The minimum Gasteiger partial charge on any atom is -0.506 e. The maximum absolute atomic E-state index is 9.49. The van der Waals surface area contributed by atoms with E-state index in [0.29, 0.717) is 11.1 Å². The fourth-order valence-electron chi connectivity index (χ4n) is 3.20. The van der Waals surface area contributed by atoms with Gasteiger partial charge >= 0.3 is 0 Å². The molecule has 1 aromatic carbocycles. The standard InChI is InChI=1S/C23H36ClNO/c1-5-7-8-9-12-17-25(19(3)4)21(6-2)14-11-10-13-20-15-16-23(26)22(24)18-20/h11,14-16,18,21,26H,3,5-10,12-13,17H2,1-2,4H3/b14-11+. The van der Waals surface area contributed by atoms with Gasteiger partial charge in [-0.1, -0.05) is 75.9 Å². The Labute approximate surface area is 165 Å². The molecule has 0 aliphatic carbocycles. The Morgan fingerprint density at radius 1 is 1.23 bits per heavy atom. The van der Waals surface area contributed by atoms with Crippen molar-refractivity contribution in [1.82, 2.24) is 4.90 Å². The van der Waals surface area contributed by atoms with Crippen LogP contribution in [-0.2, 0) is 6.42 Å². The number of aryl methyl sites for hydroxylation is 1. The van der Waals surface area contributed by atoms with Gasteiger partial charge in [0.25, 0.3) is 0 Å². The summed E-state index contributed by atoms with van der Waals surface area (Å²) in [6.45, 7) is 11.9. The highest BCUT2D eigenvalue weighted by Crippen LogP contribution is 2.24. The molecule has 0 radical (unpaired) electrons. The molecule has 0 fully saturated rings. The SMILES string of the molecule is C=C(C)N(CCCCCCC)C(/C=C/CCc1ccc(O)c(Cl)c1)CC. The molecule has 0 aliphatic heterocycles. The second-order valence-electron chi connectivity index (χ2n) is 7.07. The number of rotatable bonds is 13. The van der Waals surface area contributed by atoms with Gasteiger partial charge in [0.15, 0.2) is 0 Å². The van der Waals surface area contributed by atoms with Gasteiger partial charge in [0.2, 0.25) is 0 Å². The van der Waals surface area contributed by atoms with Gasteiger partial charge in [0.05, 0.1) is 5.02 Å². The van der Waals surface area contributed by atoms with Gasteiger partial charge < -0.3 is 10.0 Å². The molecular formula is C23H36ClNO. The van der Waals surface area contributed by atoms with Crippen LogP contribution < -0.4 is 0 Å². The predicted molar refractivity (Wildman–Crippen MR) is 115 cm³/mol. The Bertz CT molecular complexity index is 567. The van der Waals surface area contributed by atoms with Gasteiger partial charge in [0.1, 0.15) is 5.75 Å². The molecule has 1 unspecified atom stereocenters. The molecule has 0 heterocycles. The van der Waals surface area contributed by atoms with E-state index in [1.165, 1.54) is 32.1 Å². The van der Waals surface area contributed by atoms with Crippen LogP contribution in [0.2, 0.25) is 5.02 Å². The summed E-state index contributed by atoms with van der Waals surface area (Å²) in [7, 11) is 0. The lowest BCUT2D eigenvalue weighted by Crippen LogP contribution is -2.32. The Morgan fingerprint density at radius 2 is 1.96 bits per heavy atom. The quantitative estimate of drug-likeness (QED) is 0.292. The third kappa shape index (κ3) is 8.31. The monoisotopic (exact) mass is 377 g/mol. The van der Waals surface area contributed by atoms with E-state index < -0.39 is 0 Å². The summed E-state index contributed by atoms with van der Waals surface area (Å²) in [5.41, 5.74) is 2.31. The average molecular weight is 378 g/mol. The van der Waals surface area contributed by atoms with Crippen LogP contribution in [0.3, 0.4) is 0 Å². The van der Waals surface area contributed by atoms with Crippen molar-refractivity contribution >= 4 is 11.6 Å². The minimum atomic E-state index is 0.146. The lowest BCUT2D eigenvalue weighted by atomic mass is 10.1. The van der Waals surface area contributed by atoms with Crippen LogP contribution in [0.5, 0.6) is 5.75 Å². The van der Waals surface area contributed by atoms with E-state index in [1.807, 2.05) is 12.1 Å². The first kappa shape index (κ1) is 22.6. The first-order valence-corrected chi connectivity index (χ1v) is 10.4. The normalized spacial score (nSPS) is 12.5. The highest BCUT2D eigenvalue weighted by molar-refractivity contribution is 6.32. The molecule has 2 nitrogen and oxygen atoms in total. The molecule has 0 saturated heterocycles. The Hall–Kier alpha value is -1.41. The summed E-state index contributed by atoms with van der Waals surface area (Å²) in [5, 5.41) is 9.92. The van der Waals surface area contributed by atoms with E-state index in [1.54, 1.807) is 6.07 Å². The van der Waals surface area contributed by atoms with Gasteiger partial charge in [-0.2, -0.15) is 0 Å². The Kier molecular flexibility index (Phi) is 11.2. The summed E-state index contributed by atoms with van der Waals surface area (Å²) in [5.74, 6) is 0.146. The van der Waals surface area contributed by atoms with E-state index in [0.717, 1.165) is 37.1 Å². The lowest BCUT2D eigenvalue weighted by molar-refractivity contribution is 0.279. The van der Waals surface area contributed by atoms with Crippen molar-refractivity contribution in [1.29, 1.82) is 0 Å². The molecule has 3 heteroatoms. The van der Waals surface area contributed by atoms with Gasteiger partial charge in [-0.15, -0.1) is 0 Å². The predicted octanol–water partition coefficient (Wildman–Crippen LogP) is 7.12. The van der Waals surface area contributed by atoms with Crippen LogP contribution in [-0.4, -0.2) is 22.6 Å². The molecule has 26 heavy (non-hydrogen) atoms. The molecule has 0 spiro atoms. The molecule has 1 N–H and O–H groups in total. The summed E-state index contributed by atoms with van der Waals surface area (Å²) in [6.07, 6.45) is 14.1. The number of nitrogens with zero attached hydrogens (tertiary/aromatic N) is 1. The van der Waals surface area contributed by atoms with Gasteiger partial charge in [-0.3, -0.25) is 0 Å².